The van der Waals surface area contributed by atoms with Crippen LogP contribution in [0.15, 0.2) is 4.90 Å². The minimum atomic E-state index is -3.56. The van der Waals surface area contributed by atoms with Gasteiger partial charge >= 0.3 is 0 Å². The van der Waals surface area contributed by atoms with Crippen molar-refractivity contribution < 1.29 is 8.42 Å². The van der Waals surface area contributed by atoms with Crippen LogP contribution in [0.5, 0.6) is 0 Å². The van der Waals surface area contributed by atoms with Crippen LogP contribution in [0.1, 0.15) is 27.0 Å². The molecule has 2 aromatic heterocycles. The van der Waals surface area contributed by atoms with E-state index in [0.717, 1.165) is 15.6 Å². The third-order valence-electron chi connectivity index (χ3n) is 2.82. The molecule has 8 heteroatoms. The Morgan fingerprint density at radius 1 is 1.21 bits per heavy atom. The fraction of sp³-hybridized carbons (Fsp3) is 0.455. The number of nitrogens with zero attached hydrogens (tertiary/aromatic N) is 2. The Labute approximate surface area is 116 Å². The van der Waals surface area contributed by atoms with Gasteiger partial charge in [-0.2, -0.15) is 5.10 Å². The maximum atomic E-state index is 12.2. The second kappa shape index (κ2) is 5.03. The third-order valence-corrected chi connectivity index (χ3v) is 5.55. The molecule has 6 nitrogen and oxygen atoms in total. The lowest BCUT2D eigenvalue weighted by Crippen LogP contribution is -2.24. The van der Waals surface area contributed by atoms with E-state index in [0.29, 0.717) is 11.4 Å². The molecule has 0 atom stereocenters. The maximum absolute atomic E-state index is 12.2. The van der Waals surface area contributed by atoms with E-state index >= 15 is 0 Å². The molecule has 0 aromatic carbocycles. The van der Waals surface area contributed by atoms with Crippen molar-refractivity contribution >= 4 is 21.4 Å². The van der Waals surface area contributed by atoms with Crippen molar-refractivity contribution in [1.82, 2.24) is 19.9 Å². The first-order valence-corrected chi connectivity index (χ1v) is 8.05. The zero-order chi connectivity index (χ0) is 14.2. The Kier molecular flexibility index (Phi) is 3.75. The van der Waals surface area contributed by atoms with Gasteiger partial charge in [-0.05, 0) is 27.7 Å². The number of aromatic amines is 1. The summed E-state index contributed by atoms with van der Waals surface area (Å²) in [7, 11) is -3.56. The van der Waals surface area contributed by atoms with Crippen molar-refractivity contribution in [3.05, 3.63) is 27.0 Å². The predicted octanol–water partition coefficient (Wildman–Crippen LogP) is 1.58. The molecule has 0 radical (unpaired) electrons. The minimum absolute atomic E-state index is 0.200. The van der Waals surface area contributed by atoms with Crippen molar-refractivity contribution in [2.24, 2.45) is 0 Å². The normalized spacial score (nSPS) is 12.0. The molecule has 0 spiro atoms. The molecule has 0 aliphatic heterocycles. The summed E-state index contributed by atoms with van der Waals surface area (Å²) in [5, 5.41) is 7.33. The lowest BCUT2D eigenvalue weighted by Gasteiger charge is -2.04. The fourth-order valence-electron chi connectivity index (χ4n) is 1.78. The van der Waals surface area contributed by atoms with E-state index in [1.165, 1.54) is 11.3 Å². The van der Waals surface area contributed by atoms with Gasteiger partial charge in [0.15, 0.2) is 0 Å². The van der Waals surface area contributed by atoms with Crippen LogP contribution in [-0.4, -0.2) is 23.6 Å². The zero-order valence-corrected chi connectivity index (χ0v) is 12.9. The molecule has 2 heterocycles. The largest absolute Gasteiger partial charge is 0.281 e. The van der Waals surface area contributed by atoms with Crippen LogP contribution in [0.25, 0.3) is 0 Å². The van der Waals surface area contributed by atoms with E-state index in [-0.39, 0.29) is 11.4 Å². The van der Waals surface area contributed by atoms with Crippen LogP contribution < -0.4 is 4.72 Å². The predicted molar refractivity (Wildman–Crippen MR) is 73.7 cm³/mol. The van der Waals surface area contributed by atoms with Crippen molar-refractivity contribution in [2.45, 2.75) is 39.1 Å². The van der Waals surface area contributed by atoms with Gasteiger partial charge in [0.2, 0.25) is 10.0 Å². The minimum Gasteiger partial charge on any atom is -0.281 e. The molecule has 0 amide bonds. The number of sulfonamides is 1. The van der Waals surface area contributed by atoms with E-state index in [9.17, 15) is 8.42 Å². The lowest BCUT2D eigenvalue weighted by atomic mass is 10.4. The zero-order valence-electron chi connectivity index (χ0n) is 11.2. The molecule has 0 aliphatic carbocycles. The molecule has 0 aliphatic rings. The van der Waals surface area contributed by atoms with Crippen LogP contribution in [0.4, 0.5) is 0 Å². The highest BCUT2D eigenvalue weighted by Gasteiger charge is 2.22. The molecule has 0 saturated carbocycles. The lowest BCUT2D eigenvalue weighted by molar-refractivity contribution is 0.580. The third kappa shape index (κ3) is 2.85. The number of thiazole rings is 1. The first-order chi connectivity index (χ1) is 8.81. The van der Waals surface area contributed by atoms with Crippen molar-refractivity contribution in [3.8, 4) is 0 Å². The van der Waals surface area contributed by atoms with Gasteiger partial charge in [0, 0.05) is 4.88 Å². The van der Waals surface area contributed by atoms with Crippen LogP contribution in [0, 0.1) is 27.7 Å². The van der Waals surface area contributed by atoms with Gasteiger partial charge in [0.1, 0.15) is 9.90 Å². The monoisotopic (exact) mass is 300 g/mol. The topological polar surface area (TPSA) is 87.7 Å². The van der Waals surface area contributed by atoms with Crippen LogP contribution in [0.3, 0.4) is 0 Å². The average Bonchev–Trinajstić information content (AvgIpc) is 2.81. The Morgan fingerprint density at radius 2 is 1.89 bits per heavy atom. The summed E-state index contributed by atoms with van der Waals surface area (Å²) in [6, 6.07) is 0. The summed E-state index contributed by atoms with van der Waals surface area (Å²) in [6.07, 6.45) is 0. The molecule has 104 valence electrons. The van der Waals surface area contributed by atoms with E-state index in [1.54, 1.807) is 13.8 Å². The Morgan fingerprint density at radius 3 is 2.37 bits per heavy atom. The highest BCUT2D eigenvalue weighted by atomic mass is 32.2. The molecular weight excluding hydrogens is 284 g/mol. The van der Waals surface area contributed by atoms with Crippen LogP contribution >= 0.6 is 11.3 Å². The molecule has 0 fully saturated rings. The SMILES string of the molecule is Cc1nc(CNS(=O)(=O)c2c(C)n[nH]c2C)sc1C. The van der Waals surface area contributed by atoms with Gasteiger partial charge in [-0.1, -0.05) is 0 Å². The molecule has 0 bridgehead atoms. The Hall–Kier alpha value is -1.25. The standard InChI is InChI=1S/C11H16N4O2S2/c1-6-9(4)18-10(13-6)5-12-19(16,17)11-7(2)14-15-8(11)3/h12H,5H2,1-4H3,(H,14,15). The number of rotatable bonds is 4. The van der Waals surface area contributed by atoms with Gasteiger partial charge in [-0.3, -0.25) is 5.10 Å². The van der Waals surface area contributed by atoms with Crippen LogP contribution in [0.2, 0.25) is 0 Å². The van der Waals surface area contributed by atoms with Gasteiger partial charge in [0.25, 0.3) is 0 Å². The van der Waals surface area contributed by atoms with E-state index < -0.39 is 10.0 Å². The fourth-order valence-corrected chi connectivity index (χ4v) is 4.10. The summed E-state index contributed by atoms with van der Waals surface area (Å²) in [5.74, 6) is 0. The van der Waals surface area contributed by atoms with Crippen molar-refractivity contribution in [3.63, 3.8) is 0 Å². The molecule has 0 unspecified atom stereocenters. The summed E-state index contributed by atoms with van der Waals surface area (Å²) in [6.45, 7) is 7.43. The molecule has 19 heavy (non-hydrogen) atoms. The Bertz CT molecular complexity index is 661. The first-order valence-electron chi connectivity index (χ1n) is 5.75. The second-order valence-electron chi connectivity index (χ2n) is 4.34. The van der Waals surface area contributed by atoms with E-state index in [4.69, 9.17) is 0 Å². The molecule has 0 saturated heterocycles. The highest BCUT2D eigenvalue weighted by Crippen LogP contribution is 2.19. The van der Waals surface area contributed by atoms with Crippen molar-refractivity contribution in [2.75, 3.05) is 0 Å². The quantitative estimate of drug-likeness (QED) is 0.897. The number of aromatic nitrogens is 3. The van der Waals surface area contributed by atoms with Gasteiger partial charge < -0.3 is 0 Å². The first kappa shape index (κ1) is 14.2. The molecule has 2 aromatic rings. The smallest absolute Gasteiger partial charge is 0.244 e. The van der Waals surface area contributed by atoms with E-state index in [2.05, 4.69) is 19.9 Å². The summed E-state index contributed by atoms with van der Waals surface area (Å²) < 4.78 is 27.0. The summed E-state index contributed by atoms with van der Waals surface area (Å²) >= 11 is 1.50. The molecule has 2 N–H and O–H groups in total. The number of H-pyrrole nitrogens is 1. The number of hydrogen-bond donors (Lipinski definition) is 2. The van der Waals surface area contributed by atoms with Crippen LogP contribution in [-0.2, 0) is 16.6 Å². The summed E-state index contributed by atoms with van der Waals surface area (Å²) in [5.41, 5.74) is 1.95. The summed E-state index contributed by atoms with van der Waals surface area (Å²) in [4.78, 5) is 5.63. The maximum Gasteiger partial charge on any atom is 0.244 e. The van der Waals surface area contributed by atoms with Crippen molar-refractivity contribution in [1.29, 1.82) is 0 Å². The van der Waals surface area contributed by atoms with Gasteiger partial charge in [0.05, 0.1) is 23.6 Å². The van der Waals surface area contributed by atoms with E-state index in [1.807, 2.05) is 13.8 Å². The number of hydrogen-bond acceptors (Lipinski definition) is 5. The molecular formula is C11H16N4O2S2. The number of aryl methyl sites for hydroxylation is 4. The second-order valence-corrected chi connectivity index (χ2v) is 7.33. The number of nitrogens with one attached hydrogen (secondary N) is 2. The molecule has 2 rings (SSSR count). The average molecular weight is 300 g/mol. The van der Waals surface area contributed by atoms with Gasteiger partial charge in [-0.15, -0.1) is 11.3 Å². The highest BCUT2D eigenvalue weighted by molar-refractivity contribution is 7.89. The van der Waals surface area contributed by atoms with Gasteiger partial charge in [-0.25, -0.2) is 18.1 Å². The Balaban J connectivity index is 2.19.